The minimum atomic E-state index is -2.39. The van der Waals surface area contributed by atoms with Gasteiger partial charge in [-0.25, -0.2) is 0 Å². The summed E-state index contributed by atoms with van der Waals surface area (Å²) in [6, 6.07) is 21.9. The van der Waals surface area contributed by atoms with E-state index in [2.05, 4.69) is 86.4 Å². The van der Waals surface area contributed by atoms with E-state index >= 15 is 0 Å². The standard InChI is InChI=1S/C21H27NOSi/c1-21(2,3)24(19-12-6-4-7-13-19,20-14-8-5-9-15-20)23-17-18-11-10-16-22-18/h4-9,12-16,18H,10-11,17H2,1-3H3/t18-/m0/s1. The molecule has 126 valence electrons. The first kappa shape index (κ1) is 17.1. The molecular weight excluding hydrogens is 310 g/mol. The highest BCUT2D eigenvalue weighted by Crippen LogP contribution is 2.37. The first-order valence-corrected chi connectivity index (χ1v) is 10.7. The average molecular weight is 338 g/mol. The van der Waals surface area contributed by atoms with Gasteiger partial charge in [-0.1, -0.05) is 81.4 Å². The van der Waals surface area contributed by atoms with Crippen molar-refractivity contribution in [3.05, 3.63) is 60.7 Å². The van der Waals surface area contributed by atoms with Gasteiger partial charge in [-0.05, 0) is 34.5 Å². The van der Waals surface area contributed by atoms with E-state index in [4.69, 9.17) is 4.43 Å². The van der Waals surface area contributed by atoms with Crippen LogP contribution in [0, 0.1) is 0 Å². The third-order valence-electron chi connectivity index (χ3n) is 4.85. The maximum atomic E-state index is 6.88. The molecule has 24 heavy (non-hydrogen) atoms. The van der Waals surface area contributed by atoms with E-state index in [1.165, 1.54) is 10.4 Å². The van der Waals surface area contributed by atoms with Gasteiger partial charge in [-0.15, -0.1) is 0 Å². The summed E-state index contributed by atoms with van der Waals surface area (Å²) < 4.78 is 6.88. The molecule has 0 bridgehead atoms. The Morgan fingerprint density at radius 3 is 1.92 bits per heavy atom. The molecule has 0 radical (unpaired) electrons. The molecule has 0 aromatic heterocycles. The van der Waals surface area contributed by atoms with Crippen molar-refractivity contribution in [1.82, 2.24) is 0 Å². The Bertz CT molecular complexity index is 636. The van der Waals surface area contributed by atoms with E-state index < -0.39 is 8.32 Å². The normalized spacial score (nSPS) is 18.0. The second-order valence-electron chi connectivity index (χ2n) is 7.54. The maximum absolute atomic E-state index is 6.88. The van der Waals surface area contributed by atoms with Crippen LogP contribution >= 0.6 is 0 Å². The first-order valence-electron chi connectivity index (χ1n) is 8.81. The van der Waals surface area contributed by atoms with Crippen LogP contribution in [0.15, 0.2) is 65.7 Å². The van der Waals surface area contributed by atoms with Crippen LogP contribution in [0.5, 0.6) is 0 Å². The smallest absolute Gasteiger partial charge is 0.261 e. The molecule has 2 nitrogen and oxygen atoms in total. The van der Waals surface area contributed by atoms with Gasteiger partial charge < -0.3 is 4.43 Å². The second-order valence-corrected chi connectivity index (χ2v) is 11.8. The van der Waals surface area contributed by atoms with Crippen LogP contribution in [0.2, 0.25) is 5.04 Å². The lowest BCUT2D eigenvalue weighted by molar-refractivity contribution is 0.272. The molecule has 0 fully saturated rings. The molecule has 3 rings (SSSR count). The van der Waals surface area contributed by atoms with E-state index in [1.54, 1.807) is 0 Å². The summed E-state index contributed by atoms with van der Waals surface area (Å²) in [5, 5.41) is 2.72. The third-order valence-corrected chi connectivity index (χ3v) is 9.86. The van der Waals surface area contributed by atoms with Crippen LogP contribution in [-0.4, -0.2) is 27.2 Å². The van der Waals surface area contributed by atoms with E-state index in [0.29, 0.717) is 12.6 Å². The number of aliphatic imine (C=N–C) groups is 1. The van der Waals surface area contributed by atoms with Crippen LogP contribution in [-0.2, 0) is 4.43 Å². The number of rotatable bonds is 5. The van der Waals surface area contributed by atoms with Gasteiger partial charge in [0.2, 0.25) is 0 Å². The molecule has 1 aliphatic rings. The van der Waals surface area contributed by atoms with Crippen LogP contribution in [0.4, 0.5) is 0 Å². The summed E-state index contributed by atoms with van der Waals surface area (Å²) in [4.78, 5) is 4.58. The van der Waals surface area contributed by atoms with Crippen molar-refractivity contribution in [2.45, 2.75) is 44.7 Å². The molecule has 3 heteroatoms. The van der Waals surface area contributed by atoms with Gasteiger partial charge >= 0.3 is 0 Å². The molecule has 0 amide bonds. The Morgan fingerprint density at radius 1 is 0.958 bits per heavy atom. The molecule has 0 saturated carbocycles. The Morgan fingerprint density at radius 2 is 1.50 bits per heavy atom. The van der Waals surface area contributed by atoms with Gasteiger partial charge in [0.1, 0.15) is 0 Å². The molecule has 0 unspecified atom stereocenters. The summed E-state index contributed by atoms with van der Waals surface area (Å²) in [5.74, 6) is 0. The van der Waals surface area contributed by atoms with Crippen molar-refractivity contribution in [1.29, 1.82) is 0 Å². The van der Waals surface area contributed by atoms with Crippen LogP contribution in [0.25, 0.3) is 0 Å². The fourth-order valence-electron chi connectivity index (χ4n) is 3.67. The molecule has 2 aromatic carbocycles. The van der Waals surface area contributed by atoms with Crippen molar-refractivity contribution in [3.63, 3.8) is 0 Å². The largest absolute Gasteiger partial charge is 0.405 e. The van der Waals surface area contributed by atoms with Crippen LogP contribution < -0.4 is 10.4 Å². The summed E-state index contributed by atoms with van der Waals surface area (Å²) >= 11 is 0. The highest BCUT2D eigenvalue weighted by atomic mass is 28.4. The van der Waals surface area contributed by atoms with Gasteiger partial charge in [-0.3, -0.25) is 4.99 Å². The quantitative estimate of drug-likeness (QED) is 0.761. The fourth-order valence-corrected chi connectivity index (χ4v) is 8.27. The van der Waals surface area contributed by atoms with Crippen LogP contribution in [0.3, 0.4) is 0 Å². The third kappa shape index (κ3) is 3.24. The van der Waals surface area contributed by atoms with Gasteiger partial charge in [0.15, 0.2) is 0 Å². The zero-order chi connectivity index (χ0) is 17.0. The zero-order valence-electron chi connectivity index (χ0n) is 14.9. The predicted molar refractivity (Wildman–Crippen MR) is 105 cm³/mol. The van der Waals surface area contributed by atoms with Gasteiger partial charge in [0.25, 0.3) is 8.32 Å². The lowest BCUT2D eigenvalue weighted by atomic mass is 10.2. The maximum Gasteiger partial charge on any atom is 0.261 e. The summed E-state index contributed by atoms with van der Waals surface area (Å²) in [6.07, 6.45) is 4.23. The minimum Gasteiger partial charge on any atom is -0.405 e. The van der Waals surface area contributed by atoms with E-state index in [1.807, 2.05) is 6.21 Å². The van der Waals surface area contributed by atoms with Gasteiger partial charge in [0, 0.05) is 0 Å². The summed E-state index contributed by atoms with van der Waals surface area (Å²) in [5.41, 5.74) is 0. The van der Waals surface area contributed by atoms with E-state index in [9.17, 15) is 0 Å². The highest BCUT2D eigenvalue weighted by molar-refractivity contribution is 6.99. The molecule has 0 N–H and O–H groups in total. The SMILES string of the molecule is CC(C)(C)[Si](OC[C@@H]1CCC=N1)(c1ccccc1)c1ccccc1. The molecule has 1 heterocycles. The highest BCUT2D eigenvalue weighted by Gasteiger charge is 2.50. The van der Waals surface area contributed by atoms with Gasteiger partial charge in [-0.2, -0.15) is 0 Å². The molecule has 0 saturated heterocycles. The fraction of sp³-hybridized carbons (Fsp3) is 0.381. The van der Waals surface area contributed by atoms with Crippen molar-refractivity contribution < 1.29 is 4.43 Å². The lowest BCUT2D eigenvalue weighted by Gasteiger charge is -2.43. The first-order chi connectivity index (χ1) is 11.5. The Kier molecular flexibility index (Phi) is 5.02. The number of benzene rings is 2. The zero-order valence-corrected chi connectivity index (χ0v) is 15.9. The van der Waals surface area contributed by atoms with E-state index in [-0.39, 0.29) is 5.04 Å². The molecule has 0 aliphatic carbocycles. The number of nitrogens with zero attached hydrogens (tertiary/aromatic N) is 1. The second kappa shape index (κ2) is 7.04. The molecule has 1 atom stereocenters. The van der Waals surface area contributed by atoms with Crippen molar-refractivity contribution in [3.8, 4) is 0 Å². The molecular formula is C21H27NOSi. The van der Waals surface area contributed by atoms with Crippen molar-refractivity contribution in [2.24, 2.45) is 4.99 Å². The minimum absolute atomic E-state index is 0.0397. The summed E-state index contributed by atoms with van der Waals surface area (Å²) in [6.45, 7) is 7.66. The Hall–Kier alpha value is -1.71. The number of hydrogen-bond donors (Lipinski definition) is 0. The Balaban J connectivity index is 2.08. The molecule has 1 aliphatic heterocycles. The molecule has 2 aromatic rings. The monoisotopic (exact) mass is 337 g/mol. The lowest BCUT2D eigenvalue weighted by Crippen LogP contribution is -2.67. The Labute approximate surface area is 146 Å². The van der Waals surface area contributed by atoms with Crippen molar-refractivity contribution >= 4 is 24.9 Å². The molecule has 0 spiro atoms. The predicted octanol–water partition coefficient (Wildman–Crippen LogP) is 3.80. The van der Waals surface area contributed by atoms with Gasteiger partial charge in [0.05, 0.1) is 12.6 Å². The number of hydrogen-bond acceptors (Lipinski definition) is 2. The average Bonchev–Trinajstić information content (AvgIpc) is 3.10. The van der Waals surface area contributed by atoms with Crippen LogP contribution in [0.1, 0.15) is 33.6 Å². The topological polar surface area (TPSA) is 21.6 Å². The van der Waals surface area contributed by atoms with Crippen molar-refractivity contribution in [2.75, 3.05) is 6.61 Å². The summed E-state index contributed by atoms with van der Waals surface area (Å²) in [7, 11) is -2.39. The van der Waals surface area contributed by atoms with E-state index in [0.717, 1.165) is 12.8 Å².